The third-order valence-corrected chi connectivity index (χ3v) is 3.55. The van der Waals surface area contributed by atoms with E-state index in [0.29, 0.717) is 13.0 Å². The fourth-order valence-corrected chi connectivity index (χ4v) is 2.38. The van der Waals surface area contributed by atoms with Gasteiger partial charge in [0.2, 0.25) is 0 Å². The van der Waals surface area contributed by atoms with Crippen LogP contribution in [0.4, 0.5) is 10.5 Å². The Morgan fingerprint density at radius 3 is 2.86 bits per heavy atom. The summed E-state index contributed by atoms with van der Waals surface area (Å²) in [5, 5.41) is 6.73. The van der Waals surface area contributed by atoms with Crippen LogP contribution in [0, 0.1) is 0 Å². The lowest BCUT2D eigenvalue weighted by Crippen LogP contribution is -2.31. The van der Waals surface area contributed by atoms with E-state index in [1.807, 2.05) is 54.7 Å². The minimum atomic E-state index is -0.218. The highest BCUT2D eigenvalue weighted by atomic mass is 16.2. The molecule has 0 aliphatic heterocycles. The highest BCUT2D eigenvalue weighted by Gasteiger charge is 2.03. The second-order valence-electron chi connectivity index (χ2n) is 5.11. The molecule has 0 fully saturated rings. The number of hydrogen-bond donors (Lipinski definition) is 3. The largest absolute Gasteiger partial charge is 0.361 e. The Bertz CT molecular complexity index is 797. The molecule has 2 amide bonds. The van der Waals surface area contributed by atoms with Gasteiger partial charge < -0.3 is 15.6 Å². The van der Waals surface area contributed by atoms with Crippen LogP contribution in [0.25, 0.3) is 10.9 Å². The summed E-state index contributed by atoms with van der Waals surface area (Å²) in [4.78, 5) is 15.0. The SMILES string of the molecule is [B]c1ccccc1CCNC(=O)Nc1ccc2[nH]ccc2c1. The van der Waals surface area contributed by atoms with E-state index in [0.717, 1.165) is 27.6 Å². The van der Waals surface area contributed by atoms with E-state index in [4.69, 9.17) is 7.85 Å². The number of carbonyl (C=O) groups is 1. The molecule has 0 atom stereocenters. The number of anilines is 1. The minimum Gasteiger partial charge on any atom is -0.361 e. The summed E-state index contributed by atoms with van der Waals surface area (Å²) in [5.41, 5.74) is 3.61. The maximum atomic E-state index is 11.9. The first-order chi connectivity index (χ1) is 10.7. The predicted molar refractivity (Wildman–Crippen MR) is 90.9 cm³/mol. The van der Waals surface area contributed by atoms with Crippen molar-refractivity contribution in [2.24, 2.45) is 0 Å². The Morgan fingerprint density at radius 1 is 1.14 bits per heavy atom. The van der Waals surface area contributed by atoms with Gasteiger partial charge >= 0.3 is 6.03 Å². The van der Waals surface area contributed by atoms with Crippen LogP contribution in [0.1, 0.15) is 5.56 Å². The molecule has 0 spiro atoms. The molecule has 0 saturated carbocycles. The predicted octanol–water partition coefficient (Wildman–Crippen LogP) is 2.33. The third-order valence-electron chi connectivity index (χ3n) is 3.55. The van der Waals surface area contributed by atoms with Crippen LogP contribution in [-0.4, -0.2) is 25.4 Å². The van der Waals surface area contributed by atoms with Gasteiger partial charge in [-0.25, -0.2) is 4.79 Å². The van der Waals surface area contributed by atoms with Gasteiger partial charge in [0.1, 0.15) is 7.85 Å². The second-order valence-corrected chi connectivity index (χ2v) is 5.11. The Morgan fingerprint density at radius 2 is 2.00 bits per heavy atom. The maximum absolute atomic E-state index is 11.9. The zero-order valence-corrected chi connectivity index (χ0v) is 12.1. The highest BCUT2D eigenvalue weighted by molar-refractivity contribution is 6.33. The smallest absolute Gasteiger partial charge is 0.319 e. The molecular weight excluding hydrogens is 273 g/mol. The summed E-state index contributed by atoms with van der Waals surface area (Å²) in [6.07, 6.45) is 2.58. The first-order valence-electron chi connectivity index (χ1n) is 7.18. The highest BCUT2D eigenvalue weighted by Crippen LogP contribution is 2.17. The molecule has 2 aromatic carbocycles. The number of aromatic nitrogens is 1. The van der Waals surface area contributed by atoms with Crippen molar-refractivity contribution in [3.8, 4) is 0 Å². The van der Waals surface area contributed by atoms with E-state index in [-0.39, 0.29) is 6.03 Å². The monoisotopic (exact) mass is 289 g/mol. The van der Waals surface area contributed by atoms with Crippen LogP contribution in [0.2, 0.25) is 0 Å². The topological polar surface area (TPSA) is 56.9 Å². The van der Waals surface area contributed by atoms with Crippen LogP contribution >= 0.6 is 0 Å². The van der Waals surface area contributed by atoms with Crippen molar-refractivity contribution >= 4 is 35.9 Å². The summed E-state index contributed by atoms with van der Waals surface area (Å²) in [6.45, 7) is 0.534. The molecule has 108 valence electrons. The van der Waals surface area contributed by atoms with Gasteiger partial charge in [-0.15, -0.1) is 0 Å². The maximum Gasteiger partial charge on any atom is 0.319 e. The molecule has 4 nitrogen and oxygen atoms in total. The van der Waals surface area contributed by atoms with Gasteiger partial charge in [0.05, 0.1) is 0 Å². The molecule has 1 heterocycles. The van der Waals surface area contributed by atoms with Crippen molar-refractivity contribution in [1.29, 1.82) is 0 Å². The molecule has 3 N–H and O–H groups in total. The molecule has 1 aromatic heterocycles. The lowest BCUT2D eigenvalue weighted by atomic mass is 9.89. The van der Waals surface area contributed by atoms with E-state index < -0.39 is 0 Å². The normalized spacial score (nSPS) is 10.5. The van der Waals surface area contributed by atoms with Crippen molar-refractivity contribution in [3.63, 3.8) is 0 Å². The number of aromatic amines is 1. The lowest BCUT2D eigenvalue weighted by molar-refractivity contribution is 0.252. The van der Waals surface area contributed by atoms with E-state index in [9.17, 15) is 4.79 Å². The number of nitrogens with one attached hydrogen (secondary N) is 3. The molecule has 0 bridgehead atoms. The molecule has 3 aromatic rings. The molecular formula is C17H16BN3O. The van der Waals surface area contributed by atoms with Crippen molar-refractivity contribution in [2.75, 3.05) is 11.9 Å². The minimum absolute atomic E-state index is 0.218. The summed E-state index contributed by atoms with van der Waals surface area (Å²) in [6, 6.07) is 15.2. The number of urea groups is 1. The zero-order valence-electron chi connectivity index (χ0n) is 12.1. The molecule has 22 heavy (non-hydrogen) atoms. The van der Waals surface area contributed by atoms with Gasteiger partial charge in [0.15, 0.2) is 0 Å². The van der Waals surface area contributed by atoms with Gasteiger partial charge in [-0.3, -0.25) is 0 Å². The quantitative estimate of drug-likeness (QED) is 0.634. The van der Waals surface area contributed by atoms with Crippen molar-refractivity contribution < 1.29 is 4.79 Å². The Hall–Kier alpha value is -2.69. The zero-order chi connectivity index (χ0) is 15.4. The molecule has 0 unspecified atom stereocenters. The van der Waals surface area contributed by atoms with Crippen LogP contribution in [-0.2, 0) is 6.42 Å². The summed E-state index contributed by atoms with van der Waals surface area (Å²) >= 11 is 0. The number of hydrogen-bond acceptors (Lipinski definition) is 1. The summed E-state index contributed by atoms with van der Waals surface area (Å²) < 4.78 is 0. The fraction of sp³-hybridized carbons (Fsp3) is 0.118. The van der Waals surface area contributed by atoms with Gasteiger partial charge in [0.25, 0.3) is 0 Å². The van der Waals surface area contributed by atoms with Crippen molar-refractivity contribution in [3.05, 3.63) is 60.3 Å². The number of benzene rings is 2. The van der Waals surface area contributed by atoms with Gasteiger partial charge in [-0.1, -0.05) is 35.3 Å². The van der Waals surface area contributed by atoms with Crippen molar-refractivity contribution in [1.82, 2.24) is 10.3 Å². The summed E-state index contributed by atoms with van der Waals surface area (Å²) in [5.74, 6) is 0. The Kier molecular flexibility index (Phi) is 4.14. The molecule has 5 heteroatoms. The number of rotatable bonds is 4. The molecule has 3 rings (SSSR count). The molecule has 0 saturated heterocycles. The van der Waals surface area contributed by atoms with E-state index >= 15 is 0 Å². The summed E-state index contributed by atoms with van der Waals surface area (Å²) in [7, 11) is 5.87. The standard InChI is InChI=1S/C17H16BN3O/c18-15-4-2-1-3-12(15)7-10-20-17(22)21-14-5-6-16-13(11-14)8-9-19-16/h1-6,8-9,11,19H,7,10H2,(H2,20,21,22). The van der Waals surface area contributed by atoms with E-state index in [2.05, 4.69) is 15.6 Å². The van der Waals surface area contributed by atoms with Crippen molar-refractivity contribution in [2.45, 2.75) is 6.42 Å². The van der Waals surface area contributed by atoms with Gasteiger partial charge in [0, 0.05) is 29.3 Å². The van der Waals surface area contributed by atoms with Crippen LogP contribution in [0.5, 0.6) is 0 Å². The first-order valence-corrected chi connectivity index (χ1v) is 7.18. The second kappa shape index (κ2) is 6.39. The number of H-pyrrole nitrogens is 1. The molecule has 2 radical (unpaired) electrons. The first kappa shape index (κ1) is 14.3. The average Bonchev–Trinajstić information content (AvgIpc) is 2.97. The number of amides is 2. The number of fused-ring (bicyclic) bond motifs is 1. The van der Waals surface area contributed by atoms with Crippen LogP contribution in [0.15, 0.2) is 54.7 Å². The van der Waals surface area contributed by atoms with Gasteiger partial charge in [-0.2, -0.15) is 0 Å². The lowest BCUT2D eigenvalue weighted by Gasteiger charge is -2.09. The number of carbonyl (C=O) groups excluding carboxylic acids is 1. The average molecular weight is 289 g/mol. The Labute approximate surface area is 130 Å². The fourth-order valence-electron chi connectivity index (χ4n) is 2.38. The van der Waals surface area contributed by atoms with Gasteiger partial charge in [-0.05, 0) is 30.7 Å². The van der Waals surface area contributed by atoms with Crippen LogP contribution < -0.4 is 16.1 Å². The van der Waals surface area contributed by atoms with E-state index in [1.165, 1.54) is 0 Å². The molecule has 0 aliphatic carbocycles. The third kappa shape index (κ3) is 3.31. The van der Waals surface area contributed by atoms with E-state index in [1.54, 1.807) is 0 Å². The Balaban J connectivity index is 1.53. The van der Waals surface area contributed by atoms with Crippen LogP contribution in [0.3, 0.4) is 0 Å². The molecule has 0 aliphatic rings.